The van der Waals surface area contributed by atoms with Gasteiger partial charge in [0.2, 0.25) is 0 Å². The molecule has 1 N–H and O–H groups in total. The molecule has 0 aliphatic heterocycles. The molecule has 1 aromatic carbocycles. The van der Waals surface area contributed by atoms with E-state index in [0.717, 1.165) is 0 Å². The van der Waals surface area contributed by atoms with E-state index in [1.165, 1.54) is 29.2 Å². The maximum absolute atomic E-state index is 12.2. The SMILES string of the molecule is CN(C(=O)c1ccc(C(=O)O)cc1)c1cccnc1. The minimum absolute atomic E-state index is 0.153. The van der Waals surface area contributed by atoms with Gasteiger partial charge in [0.1, 0.15) is 0 Å². The fourth-order valence-electron chi connectivity index (χ4n) is 1.62. The van der Waals surface area contributed by atoms with Gasteiger partial charge in [-0.1, -0.05) is 0 Å². The first-order valence-corrected chi connectivity index (χ1v) is 5.61. The van der Waals surface area contributed by atoms with Crippen molar-refractivity contribution in [1.29, 1.82) is 0 Å². The summed E-state index contributed by atoms with van der Waals surface area (Å²) in [5, 5.41) is 8.80. The van der Waals surface area contributed by atoms with Crippen molar-refractivity contribution in [2.24, 2.45) is 0 Å². The van der Waals surface area contributed by atoms with Gasteiger partial charge >= 0.3 is 5.97 Å². The van der Waals surface area contributed by atoms with Crippen LogP contribution in [0.3, 0.4) is 0 Å². The van der Waals surface area contributed by atoms with Crippen LogP contribution < -0.4 is 4.90 Å². The molecule has 19 heavy (non-hydrogen) atoms. The molecule has 0 saturated carbocycles. The van der Waals surface area contributed by atoms with Gasteiger partial charge in [-0.05, 0) is 36.4 Å². The van der Waals surface area contributed by atoms with Crippen LogP contribution in [0.5, 0.6) is 0 Å². The Kier molecular flexibility index (Phi) is 3.56. The fraction of sp³-hybridized carbons (Fsp3) is 0.0714. The van der Waals surface area contributed by atoms with Crippen LogP contribution in [0.25, 0.3) is 0 Å². The highest BCUT2D eigenvalue weighted by Crippen LogP contribution is 2.14. The Balaban J connectivity index is 2.22. The maximum atomic E-state index is 12.2. The van der Waals surface area contributed by atoms with Crippen molar-refractivity contribution in [2.45, 2.75) is 0 Å². The van der Waals surface area contributed by atoms with Gasteiger partial charge in [-0.3, -0.25) is 9.78 Å². The Morgan fingerprint density at radius 1 is 1.11 bits per heavy atom. The summed E-state index contributed by atoms with van der Waals surface area (Å²) < 4.78 is 0. The lowest BCUT2D eigenvalue weighted by Crippen LogP contribution is -2.26. The molecule has 5 nitrogen and oxygen atoms in total. The Morgan fingerprint density at radius 3 is 2.26 bits per heavy atom. The molecule has 0 unspecified atom stereocenters. The minimum atomic E-state index is -1.01. The van der Waals surface area contributed by atoms with Crippen molar-refractivity contribution < 1.29 is 14.7 Å². The van der Waals surface area contributed by atoms with Crippen molar-refractivity contribution in [2.75, 3.05) is 11.9 Å². The molecule has 0 saturated heterocycles. The predicted molar refractivity (Wildman–Crippen MR) is 70.4 cm³/mol. The van der Waals surface area contributed by atoms with Crippen molar-refractivity contribution in [3.63, 3.8) is 0 Å². The van der Waals surface area contributed by atoms with Gasteiger partial charge in [0.15, 0.2) is 0 Å². The highest BCUT2D eigenvalue weighted by Gasteiger charge is 2.14. The van der Waals surface area contributed by atoms with E-state index in [1.807, 2.05) is 0 Å². The van der Waals surface area contributed by atoms with Gasteiger partial charge in [-0.25, -0.2) is 4.79 Å². The van der Waals surface area contributed by atoms with E-state index < -0.39 is 5.97 Å². The van der Waals surface area contributed by atoms with Crippen LogP contribution in [0.1, 0.15) is 20.7 Å². The monoisotopic (exact) mass is 256 g/mol. The maximum Gasteiger partial charge on any atom is 0.335 e. The second-order valence-corrected chi connectivity index (χ2v) is 3.96. The molecule has 0 radical (unpaired) electrons. The van der Waals surface area contributed by atoms with E-state index in [1.54, 1.807) is 31.6 Å². The van der Waals surface area contributed by atoms with E-state index >= 15 is 0 Å². The molecular weight excluding hydrogens is 244 g/mol. The van der Waals surface area contributed by atoms with E-state index in [-0.39, 0.29) is 11.5 Å². The summed E-state index contributed by atoms with van der Waals surface area (Å²) in [5.74, 6) is -1.23. The predicted octanol–water partition coefficient (Wildman–Crippen LogP) is 2.06. The highest BCUT2D eigenvalue weighted by molar-refractivity contribution is 6.06. The van der Waals surface area contributed by atoms with Crippen LogP contribution in [0.15, 0.2) is 48.8 Å². The first-order valence-electron chi connectivity index (χ1n) is 5.61. The first kappa shape index (κ1) is 12.8. The first-order chi connectivity index (χ1) is 9.09. The van der Waals surface area contributed by atoms with Crippen LogP contribution in [0.2, 0.25) is 0 Å². The molecule has 5 heteroatoms. The molecule has 0 fully saturated rings. The summed E-state index contributed by atoms with van der Waals surface area (Å²) in [6.45, 7) is 0. The van der Waals surface area contributed by atoms with E-state index in [9.17, 15) is 9.59 Å². The number of nitrogens with zero attached hydrogens (tertiary/aromatic N) is 2. The molecule has 2 aromatic rings. The molecule has 0 atom stereocenters. The van der Waals surface area contributed by atoms with E-state index in [2.05, 4.69) is 4.98 Å². The Labute approximate surface area is 110 Å². The van der Waals surface area contributed by atoms with Crippen molar-refractivity contribution in [1.82, 2.24) is 4.98 Å². The van der Waals surface area contributed by atoms with E-state index in [0.29, 0.717) is 11.3 Å². The average molecular weight is 256 g/mol. The lowest BCUT2D eigenvalue weighted by atomic mass is 10.1. The number of carboxylic acids is 1. The van der Waals surface area contributed by atoms with Gasteiger partial charge in [0.05, 0.1) is 17.4 Å². The van der Waals surface area contributed by atoms with Gasteiger partial charge < -0.3 is 10.0 Å². The lowest BCUT2D eigenvalue weighted by molar-refractivity contribution is 0.0696. The zero-order valence-electron chi connectivity index (χ0n) is 10.3. The topological polar surface area (TPSA) is 70.5 Å². The zero-order valence-corrected chi connectivity index (χ0v) is 10.3. The van der Waals surface area contributed by atoms with E-state index in [4.69, 9.17) is 5.11 Å². The number of hydrogen-bond acceptors (Lipinski definition) is 3. The van der Waals surface area contributed by atoms with Crippen LogP contribution in [0, 0.1) is 0 Å². The third kappa shape index (κ3) is 2.77. The number of hydrogen-bond donors (Lipinski definition) is 1. The number of pyridine rings is 1. The zero-order chi connectivity index (χ0) is 13.8. The molecule has 2 rings (SSSR count). The number of amides is 1. The quantitative estimate of drug-likeness (QED) is 0.912. The number of carbonyl (C=O) groups excluding carboxylic acids is 1. The van der Waals surface area contributed by atoms with Gasteiger partial charge in [-0.2, -0.15) is 0 Å². The number of aromatic nitrogens is 1. The van der Waals surface area contributed by atoms with Crippen molar-refractivity contribution >= 4 is 17.6 Å². The standard InChI is InChI=1S/C14H12N2O3/c1-16(12-3-2-8-15-9-12)13(17)10-4-6-11(7-5-10)14(18)19/h2-9H,1H3,(H,18,19). The van der Waals surface area contributed by atoms with Crippen LogP contribution in [-0.4, -0.2) is 29.0 Å². The second-order valence-electron chi connectivity index (χ2n) is 3.96. The summed E-state index contributed by atoms with van der Waals surface area (Å²) in [5.41, 5.74) is 1.26. The number of aromatic carboxylic acids is 1. The summed E-state index contributed by atoms with van der Waals surface area (Å²) in [4.78, 5) is 28.3. The summed E-state index contributed by atoms with van der Waals surface area (Å²) >= 11 is 0. The van der Waals surface area contributed by atoms with Crippen molar-refractivity contribution in [3.05, 3.63) is 59.9 Å². The van der Waals surface area contributed by atoms with Crippen LogP contribution in [-0.2, 0) is 0 Å². The van der Waals surface area contributed by atoms with Gasteiger partial charge in [0, 0.05) is 18.8 Å². The molecule has 0 aliphatic rings. The largest absolute Gasteiger partial charge is 0.478 e. The third-order valence-corrected chi connectivity index (χ3v) is 2.72. The number of anilines is 1. The van der Waals surface area contributed by atoms with Gasteiger partial charge in [-0.15, -0.1) is 0 Å². The number of rotatable bonds is 3. The smallest absolute Gasteiger partial charge is 0.335 e. The van der Waals surface area contributed by atoms with Crippen LogP contribution >= 0.6 is 0 Å². The van der Waals surface area contributed by atoms with Crippen LogP contribution in [0.4, 0.5) is 5.69 Å². The molecule has 0 aliphatic carbocycles. The minimum Gasteiger partial charge on any atom is -0.478 e. The molecule has 96 valence electrons. The summed E-state index contributed by atoms with van der Waals surface area (Å²) in [6.07, 6.45) is 3.22. The highest BCUT2D eigenvalue weighted by atomic mass is 16.4. The average Bonchev–Trinajstić information content (AvgIpc) is 2.46. The molecule has 1 amide bonds. The van der Waals surface area contributed by atoms with Gasteiger partial charge in [0.25, 0.3) is 5.91 Å². The number of carbonyl (C=O) groups is 2. The summed E-state index contributed by atoms with van der Waals surface area (Å²) in [6, 6.07) is 9.33. The Bertz CT molecular complexity index is 594. The second kappa shape index (κ2) is 5.30. The summed E-state index contributed by atoms with van der Waals surface area (Å²) in [7, 11) is 1.64. The normalized spacial score (nSPS) is 9.95. The molecular formula is C14H12N2O3. The van der Waals surface area contributed by atoms with Crippen molar-refractivity contribution in [3.8, 4) is 0 Å². The third-order valence-electron chi connectivity index (χ3n) is 2.72. The molecule has 0 bridgehead atoms. The molecule has 1 heterocycles. The molecule has 0 spiro atoms. The fourth-order valence-corrected chi connectivity index (χ4v) is 1.62. The number of benzene rings is 1. The number of carboxylic acid groups (broad SMARTS) is 1. The Hall–Kier alpha value is -2.69. The lowest BCUT2D eigenvalue weighted by Gasteiger charge is -2.16. The Morgan fingerprint density at radius 2 is 1.74 bits per heavy atom. The molecule has 1 aromatic heterocycles.